The van der Waals surface area contributed by atoms with E-state index in [1.54, 1.807) is 10.9 Å². The van der Waals surface area contributed by atoms with Crippen LogP contribution in [0.1, 0.15) is 12.0 Å². The molecule has 0 bridgehead atoms. The summed E-state index contributed by atoms with van der Waals surface area (Å²) in [5.41, 5.74) is 3.67. The lowest BCUT2D eigenvalue weighted by Crippen LogP contribution is -2.19. The Bertz CT molecular complexity index is 1200. The van der Waals surface area contributed by atoms with E-state index in [1.165, 1.54) is 6.33 Å². The molecule has 8 heteroatoms. The number of ether oxygens (including phenoxy) is 1. The van der Waals surface area contributed by atoms with Gasteiger partial charge in [0.15, 0.2) is 5.65 Å². The van der Waals surface area contributed by atoms with Crippen LogP contribution < -0.4 is 15.4 Å². The molecule has 8 nitrogen and oxygen atoms in total. The van der Waals surface area contributed by atoms with E-state index in [2.05, 4.69) is 25.7 Å². The Morgan fingerprint density at radius 2 is 2.00 bits per heavy atom. The van der Waals surface area contributed by atoms with E-state index in [0.29, 0.717) is 19.6 Å². The minimum absolute atomic E-state index is 0.0621. The van der Waals surface area contributed by atoms with Gasteiger partial charge < -0.3 is 15.4 Å². The number of rotatable bonds is 6. The number of amides is 1. The normalized spacial score (nSPS) is 13.0. The summed E-state index contributed by atoms with van der Waals surface area (Å²) in [6, 6.07) is 15.6. The molecule has 0 fully saturated rings. The van der Waals surface area contributed by atoms with Crippen molar-refractivity contribution in [3.63, 3.8) is 0 Å². The standard InChI is InChI=1S/C22H20N6O2/c29-20-9-6-15-12-17(7-8-19(15)27-20)30-11-10-23-21-18-13-26-28(22(18)25-14-24-21)16-4-2-1-3-5-16/h1-5,7-8,12-14H,6,9-11H2,(H,27,29)(H,23,24,25). The molecule has 0 saturated carbocycles. The number of nitrogens with zero attached hydrogens (tertiary/aromatic N) is 4. The molecule has 0 aliphatic carbocycles. The van der Waals surface area contributed by atoms with Crippen LogP contribution in [0.4, 0.5) is 11.5 Å². The first-order valence-electron chi connectivity index (χ1n) is 9.81. The van der Waals surface area contributed by atoms with Gasteiger partial charge in [-0.3, -0.25) is 4.79 Å². The highest BCUT2D eigenvalue weighted by Gasteiger charge is 2.15. The van der Waals surface area contributed by atoms with Gasteiger partial charge in [0, 0.05) is 12.1 Å². The van der Waals surface area contributed by atoms with Gasteiger partial charge in [-0.25, -0.2) is 14.6 Å². The van der Waals surface area contributed by atoms with Crippen LogP contribution in [-0.2, 0) is 11.2 Å². The monoisotopic (exact) mass is 400 g/mol. The quantitative estimate of drug-likeness (QED) is 0.483. The van der Waals surface area contributed by atoms with Crippen molar-refractivity contribution in [2.45, 2.75) is 12.8 Å². The number of carbonyl (C=O) groups excluding carboxylic acids is 1. The SMILES string of the molecule is O=C1CCc2cc(OCCNc3ncnc4c3cnn4-c3ccccc3)ccc2N1. The molecule has 2 N–H and O–H groups in total. The van der Waals surface area contributed by atoms with Crippen LogP contribution in [0.3, 0.4) is 0 Å². The second-order valence-corrected chi connectivity index (χ2v) is 6.99. The maximum absolute atomic E-state index is 11.5. The average Bonchev–Trinajstić information content (AvgIpc) is 3.22. The summed E-state index contributed by atoms with van der Waals surface area (Å²) in [6.07, 6.45) is 4.55. The largest absolute Gasteiger partial charge is 0.492 e. The molecule has 0 radical (unpaired) electrons. The lowest BCUT2D eigenvalue weighted by molar-refractivity contribution is -0.116. The minimum Gasteiger partial charge on any atom is -0.492 e. The van der Waals surface area contributed by atoms with Gasteiger partial charge in [-0.05, 0) is 42.3 Å². The van der Waals surface area contributed by atoms with Crippen LogP contribution in [0.2, 0.25) is 0 Å². The lowest BCUT2D eigenvalue weighted by Gasteiger charge is -2.17. The van der Waals surface area contributed by atoms with Gasteiger partial charge >= 0.3 is 0 Å². The zero-order valence-corrected chi connectivity index (χ0v) is 16.2. The molecular formula is C22H20N6O2. The number of hydrogen-bond donors (Lipinski definition) is 2. The third-order valence-corrected chi connectivity index (χ3v) is 5.00. The molecule has 0 spiro atoms. The minimum atomic E-state index is 0.0621. The van der Waals surface area contributed by atoms with Gasteiger partial charge in [-0.1, -0.05) is 18.2 Å². The number of fused-ring (bicyclic) bond motifs is 2. The number of aryl methyl sites for hydroxylation is 1. The van der Waals surface area contributed by atoms with E-state index in [-0.39, 0.29) is 5.91 Å². The fourth-order valence-electron chi connectivity index (χ4n) is 3.53. The number of hydrogen-bond acceptors (Lipinski definition) is 6. The molecule has 2 aromatic heterocycles. The van der Waals surface area contributed by atoms with Crippen molar-refractivity contribution in [1.82, 2.24) is 19.7 Å². The van der Waals surface area contributed by atoms with Gasteiger partial charge in [-0.15, -0.1) is 0 Å². The maximum Gasteiger partial charge on any atom is 0.224 e. The fourth-order valence-corrected chi connectivity index (χ4v) is 3.53. The predicted octanol–water partition coefficient (Wildman–Crippen LogP) is 3.19. The van der Waals surface area contributed by atoms with Crippen LogP contribution in [0.5, 0.6) is 5.75 Å². The smallest absolute Gasteiger partial charge is 0.224 e. The molecule has 3 heterocycles. The first kappa shape index (κ1) is 18.1. The molecule has 5 rings (SSSR count). The highest BCUT2D eigenvalue weighted by Crippen LogP contribution is 2.27. The lowest BCUT2D eigenvalue weighted by atomic mass is 10.0. The van der Waals surface area contributed by atoms with Crippen molar-refractivity contribution < 1.29 is 9.53 Å². The van der Waals surface area contributed by atoms with Gasteiger partial charge in [0.2, 0.25) is 5.91 Å². The molecule has 2 aromatic carbocycles. The summed E-state index contributed by atoms with van der Waals surface area (Å²) >= 11 is 0. The van der Waals surface area contributed by atoms with Crippen molar-refractivity contribution in [1.29, 1.82) is 0 Å². The number of nitrogens with one attached hydrogen (secondary N) is 2. The Kier molecular flexibility index (Phi) is 4.72. The zero-order valence-electron chi connectivity index (χ0n) is 16.2. The van der Waals surface area contributed by atoms with E-state index in [9.17, 15) is 4.79 Å². The van der Waals surface area contributed by atoms with Gasteiger partial charge in [0.1, 0.15) is 24.5 Å². The highest BCUT2D eigenvalue weighted by molar-refractivity contribution is 5.94. The first-order valence-corrected chi connectivity index (χ1v) is 9.81. The first-order chi connectivity index (χ1) is 14.8. The van der Waals surface area contributed by atoms with E-state index in [1.807, 2.05) is 48.5 Å². The molecule has 30 heavy (non-hydrogen) atoms. The molecule has 150 valence electrons. The van der Waals surface area contributed by atoms with Crippen LogP contribution >= 0.6 is 0 Å². The molecule has 1 amide bonds. The molecule has 0 saturated heterocycles. The number of benzene rings is 2. The van der Waals surface area contributed by atoms with E-state index < -0.39 is 0 Å². The van der Waals surface area contributed by atoms with Crippen molar-refractivity contribution >= 4 is 28.4 Å². The second-order valence-electron chi connectivity index (χ2n) is 6.99. The van der Waals surface area contributed by atoms with Crippen LogP contribution in [0.15, 0.2) is 61.1 Å². The van der Waals surface area contributed by atoms with Crippen molar-refractivity contribution in [2.24, 2.45) is 0 Å². The van der Waals surface area contributed by atoms with Gasteiger partial charge in [-0.2, -0.15) is 5.10 Å². The average molecular weight is 400 g/mol. The maximum atomic E-state index is 11.5. The van der Waals surface area contributed by atoms with Crippen LogP contribution in [-0.4, -0.2) is 38.8 Å². The Morgan fingerprint density at radius 3 is 2.90 bits per heavy atom. The number of anilines is 2. The third-order valence-electron chi connectivity index (χ3n) is 5.00. The summed E-state index contributed by atoms with van der Waals surface area (Å²) in [6.45, 7) is 1.06. The third kappa shape index (κ3) is 3.55. The van der Waals surface area contributed by atoms with Crippen LogP contribution in [0.25, 0.3) is 16.7 Å². The van der Waals surface area contributed by atoms with E-state index in [4.69, 9.17) is 4.74 Å². The predicted molar refractivity (Wildman–Crippen MR) is 114 cm³/mol. The Labute approximate surface area is 172 Å². The van der Waals surface area contributed by atoms with E-state index in [0.717, 1.165) is 46.0 Å². The van der Waals surface area contributed by atoms with Crippen molar-refractivity contribution in [2.75, 3.05) is 23.8 Å². The van der Waals surface area contributed by atoms with Crippen molar-refractivity contribution in [3.8, 4) is 11.4 Å². The summed E-state index contributed by atoms with van der Waals surface area (Å²) < 4.78 is 7.66. The van der Waals surface area contributed by atoms with Gasteiger partial charge in [0.25, 0.3) is 0 Å². The highest BCUT2D eigenvalue weighted by atomic mass is 16.5. The summed E-state index contributed by atoms with van der Waals surface area (Å²) in [5.74, 6) is 1.57. The number of carbonyl (C=O) groups is 1. The molecule has 0 atom stereocenters. The van der Waals surface area contributed by atoms with Crippen molar-refractivity contribution in [3.05, 3.63) is 66.6 Å². The summed E-state index contributed by atoms with van der Waals surface area (Å²) in [5, 5.41) is 11.5. The number of para-hydroxylation sites is 1. The fraction of sp³-hybridized carbons (Fsp3) is 0.182. The molecular weight excluding hydrogens is 380 g/mol. The topological polar surface area (TPSA) is 94.0 Å². The van der Waals surface area contributed by atoms with Gasteiger partial charge in [0.05, 0.1) is 23.8 Å². The summed E-state index contributed by atoms with van der Waals surface area (Å²) in [7, 11) is 0. The Hall–Kier alpha value is -3.94. The molecule has 1 aliphatic rings. The zero-order chi connectivity index (χ0) is 20.3. The molecule has 1 aliphatic heterocycles. The van der Waals surface area contributed by atoms with Crippen LogP contribution in [0, 0.1) is 0 Å². The molecule has 0 unspecified atom stereocenters. The number of aromatic nitrogens is 4. The van der Waals surface area contributed by atoms with E-state index >= 15 is 0 Å². The molecule has 4 aromatic rings. The Morgan fingerprint density at radius 1 is 1.10 bits per heavy atom. The second kappa shape index (κ2) is 7.82. The Balaban J connectivity index is 1.24. The summed E-state index contributed by atoms with van der Waals surface area (Å²) in [4.78, 5) is 20.2.